The lowest BCUT2D eigenvalue weighted by molar-refractivity contribution is -0.148. The fraction of sp³-hybridized carbons (Fsp3) is 0.696. The van der Waals surface area contributed by atoms with Crippen LogP contribution < -0.4 is 21.3 Å². The Morgan fingerprint density at radius 2 is 1.76 bits per heavy atom. The zero-order valence-electron chi connectivity index (χ0n) is 21.7. The highest BCUT2D eigenvalue weighted by Crippen LogP contribution is 2.23. The Bertz CT molecular complexity index is 1020. The van der Waals surface area contributed by atoms with E-state index in [0.29, 0.717) is 12.2 Å². The van der Waals surface area contributed by atoms with E-state index in [1.165, 1.54) is 28.5 Å². The second-order valence-corrected chi connectivity index (χ2v) is 14.3. The molecule has 0 spiro atoms. The first-order valence-electron chi connectivity index (χ1n) is 12.4. The largest absolute Gasteiger partial charge is 0.456 e. The molecule has 4 atom stereocenters. The van der Waals surface area contributed by atoms with Gasteiger partial charge in [0.05, 0.1) is 12.2 Å². The third-order valence-electron chi connectivity index (χ3n) is 5.80. The number of fused-ring (bicyclic) bond motifs is 7. The Kier molecular flexibility index (Phi) is 12.9. The first kappa shape index (κ1) is 32.0. The molecule has 1 saturated heterocycles. The molecule has 2 rings (SSSR count). The van der Waals surface area contributed by atoms with Crippen LogP contribution in [0.2, 0.25) is 0 Å². The van der Waals surface area contributed by atoms with Gasteiger partial charge < -0.3 is 26.0 Å². The topological polar surface area (TPSA) is 177 Å². The van der Waals surface area contributed by atoms with Crippen molar-refractivity contribution in [3.63, 3.8) is 0 Å². The summed E-state index contributed by atoms with van der Waals surface area (Å²) in [5.41, 5.74) is 0. The smallest absolute Gasteiger partial charge is 0.326 e. The predicted molar refractivity (Wildman–Crippen MR) is 146 cm³/mol. The highest BCUT2D eigenvalue weighted by Gasteiger charge is 2.32. The van der Waals surface area contributed by atoms with Crippen molar-refractivity contribution >= 4 is 61.0 Å². The normalized spacial score (nSPS) is 27.8. The summed E-state index contributed by atoms with van der Waals surface area (Å²) in [6.07, 6.45) is 2.45. The maximum Gasteiger partial charge on any atom is 0.326 e. The van der Waals surface area contributed by atoms with Gasteiger partial charge in [-0.25, -0.2) is 8.42 Å². The molecule has 15 heteroatoms. The quantitative estimate of drug-likeness (QED) is 0.188. The molecule has 0 aromatic rings. The van der Waals surface area contributed by atoms with Crippen LogP contribution in [-0.2, 0) is 38.5 Å². The molecule has 2 bridgehead atoms. The zero-order chi connectivity index (χ0) is 28.3. The lowest BCUT2D eigenvalue weighted by Gasteiger charge is -2.27. The van der Waals surface area contributed by atoms with Gasteiger partial charge in [0.15, 0.2) is 0 Å². The molecule has 214 valence electrons. The monoisotopic (exact) mass is 592 g/mol. The van der Waals surface area contributed by atoms with Crippen LogP contribution in [0.5, 0.6) is 0 Å². The van der Waals surface area contributed by atoms with E-state index in [0.717, 1.165) is 0 Å². The number of hydrogen-bond acceptors (Lipinski definition) is 10. The Morgan fingerprint density at radius 1 is 1.03 bits per heavy atom. The van der Waals surface area contributed by atoms with E-state index in [1.807, 2.05) is 0 Å². The second-order valence-electron chi connectivity index (χ2n) is 9.21. The van der Waals surface area contributed by atoms with E-state index < -0.39 is 70.2 Å². The van der Waals surface area contributed by atoms with Crippen molar-refractivity contribution in [2.24, 2.45) is 5.92 Å². The molecule has 0 aliphatic carbocycles. The molecular formula is C23H36N4O8S3. The molecule has 4 N–H and O–H groups in total. The van der Waals surface area contributed by atoms with Crippen LogP contribution in [0.25, 0.3) is 0 Å². The van der Waals surface area contributed by atoms with Gasteiger partial charge in [-0.3, -0.25) is 24.0 Å². The van der Waals surface area contributed by atoms with E-state index in [4.69, 9.17) is 4.74 Å². The fourth-order valence-corrected chi connectivity index (χ4v) is 6.60. The summed E-state index contributed by atoms with van der Waals surface area (Å²) < 4.78 is 29.6. The number of amides is 4. The average Bonchev–Trinajstić information content (AvgIpc) is 2.85. The molecule has 1 fully saturated rings. The number of ether oxygens (including phenoxy) is 1. The van der Waals surface area contributed by atoms with Crippen molar-refractivity contribution in [1.29, 1.82) is 0 Å². The fourth-order valence-electron chi connectivity index (χ4n) is 3.56. The zero-order valence-corrected chi connectivity index (χ0v) is 24.1. The van der Waals surface area contributed by atoms with Crippen LogP contribution in [0.3, 0.4) is 0 Å². The molecule has 0 radical (unpaired) electrons. The molecule has 0 unspecified atom stereocenters. The van der Waals surface area contributed by atoms with Gasteiger partial charge in [-0.15, -0.1) is 0 Å². The predicted octanol–water partition coefficient (Wildman–Crippen LogP) is -0.305. The van der Waals surface area contributed by atoms with Crippen molar-refractivity contribution in [2.45, 2.75) is 64.3 Å². The first-order chi connectivity index (χ1) is 17.9. The summed E-state index contributed by atoms with van der Waals surface area (Å²) in [6.45, 7) is 4.47. The minimum atomic E-state index is -3.45. The molecule has 0 aromatic carbocycles. The molecule has 4 amide bonds. The number of hydrogen-bond donors (Lipinski definition) is 4. The van der Waals surface area contributed by atoms with Gasteiger partial charge in [0.2, 0.25) is 23.6 Å². The molecule has 0 saturated carbocycles. The molecule has 0 aromatic heterocycles. The van der Waals surface area contributed by atoms with Crippen LogP contribution in [0, 0.1) is 5.92 Å². The third kappa shape index (κ3) is 10.8. The van der Waals surface area contributed by atoms with E-state index in [-0.39, 0.29) is 36.0 Å². The van der Waals surface area contributed by atoms with Crippen LogP contribution in [-0.4, -0.2) is 91.8 Å². The minimum absolute atomic E-state index is 0.129. The number of rotatable bonds is 5. The van der Waals surface area contributed by atoms with Gasteiger partial charge in [-0.1, -0.05) is 48.4 Å². The SMILES string of the molecule is CCS(=O)(=O)CC[C@H]1NC(=O)C[C@H]2/C=C/CCSSC[C@@H](NC1=O)C(=O)N[C@H](C(C)C)C(=O)NCC(=O)O2. The summed E-state index contributed by atoms with van der Waals surface area (Å²) in [6, 6.07) is -3.31. The number of nitrogens with one attached hydrogen (secondary N) is 4. The average molecular weight is 593 g/mol. The highest BCUT2D eigenvalue weighted by molar-refractivity contribution is 8.76. The van der Waals surface area contributed by atoms with Crippen LogP contribution in [0.4, 0.5) is 0 Å². The van der Waals surface area contributed by atoms with Crippen LogP contribution in [0.1, 0.15) is 40.0 Å². The number of esters is 1. The van der Waals surface area contributed by atoms with E-state index >= 15 is 0 Å². The molecule has 2 aliphatic heterocycles. The molecule has 38 heavy (non-hydrogen) atoms. The van der Waals surface area contributed by atoms with Crippen molar-refractivity contribution in [3.05, 3.63) is 12.2 Å². The first-order valence-corrected chi connectivity index (χ1v) is 16.7. The second kappa shape index (κ2) is 15.4. The molecule has 12 nitrogen and oxygen atoms in total. The minimum Gasteiger partial charge on any atom is -0.456 e. The van der Waals surface area contributed by atoms with Gasteiger partial charge in [-0.2, -0.15) is 0 Å². The van der Waals surface area contributed by atoms with E-state index in [1.54, 1.807) is 26.0 Å². The maximum absolute atomic E-state index is 13.2. The number of carbonyl (C=O) groups is 5. The summed E-state index contributed by atoms with van der Waals surface area (Å²) in [5.74, 6) is -3.37. The highest BCUT2D eigenvalue weighted by atomic mass is 33.1. The van der Waals surface area contributed by atoms with Crippen molar-refractivity contribution in [2.75, 3.05) is 29.6 Å². The van der Waals surface area contributed by atoms with Crippen LogP contribution in [0.15, 0.2) is 12.2 Å². The molecule has 2 aliphatic rings. The van der Waals surface area contributed by atoms with Gasteiger partial charge in [0.25, 0.3) is 0 Å². The van der Waals surface area contributed by atoms with E-state index in [9.17, 15) is 32.4 Å². The standard InChI is InChI=1S/C23H36N4O8S3/c1-4-38(33,34)10-8-16-21(30)26-17-13-37-36-9-6-5-7-15(11-18(28)25-16)35-19(29)12-24-23(32)20(14(2)3)27-22(17)31/h5,7,14-17,20H,4,6,8-13H2,1-3H3,(H,24,32)(H,25,28)(H,26,30)(H,27,31)/b7-5+/t15-,16-,17-,20-/m1/s1. The van der Waals surface area contributed by atoms with Crippen molar-refractivity contribution in [1.82, 2.24) is 21.3 Å². The Morgan fingerprint density at radius 3 is 2.45 bits per heavy atom. The summed E-state index contributed by atoms with van der Waals surface area (Å²) in [5, 5.41) is 10.3. The Hall–Kier alpha value is -2.26. The lowest BCUT2D eigenvalue weighted by atomic mass is 10.0. The maximum atomic E-state index is 13.2. The van der Waals surface area contributed by atoms with Crippen LogP contribution >= 0.6 is 21.6 Å². The van der Waals surface area contributed by atoms with Gasteiger partial charge >= 0.3 is 5.97 Å². The number of carbonyl (C=O) groups excluding carboxylic acids is 5. The number of sulfone groups is 1. The Labute approximate surface area is 230 Å². The Balaban J connectivity index is 2.47. The van der Waals surface area contributed by atoms with E-state index in [2.05, 4.69) is 21.3 Å². The van der Waals surface area contributed by atoms with Gasteiger partial charge in [-0.05, 0) is 24.8 Å². The van der Waals surface area contributed by atoms with Gasteiger partial charge in [0, 0.05) is 17.3 Å². The summed E-state index contributed by atoms with van der Waals surface area (Å²) in [7, 11) is -0.630. The lowest BCUT2D eigenvalue weighted by Crippen LogP contribution is -2.59. The number of allylic oxidation sites excluding steroid dienone is 1. The third-order valence-corrected chi connectivity index (χ3v) is 9.99. The van der Waals surface area contributed by atoms with Crippen molar-refractivity contribution in [3.8, 4) is 0 Å². The molecule has 2 heterocycles. The van der Waals surface area contributed by atoms with Gasteiger partial charge in [0.1, 0.15) is 40.6 Å². The molecular weight excluding hydrogens is 556 g/mol. The van der Waals surface area contributed by atoms with Crippen molar-refractivity contribution < 1.29 is 37.1 Å². The summed E-state index contributed by atoms with van der Waals surface area (Å²) in [4.78, 5) is 64.6. The summed E-state index contributed by atoms with van der Waals surface area (Å²) >= 11 is 0.